The van der Waals surface area contributed by atoms with E-state index in [2.05, 4.69) is 0 Å². The van der Waals surface area contributed by atoms with Crippen LogP contribution in [0, 0.1) is 11.3 Å². The lowest BCUT2D eigenvalue weighted by atomic mass is 10.1. The predicted molar refractivity (Wildman–Crippen MR) is 73.3 cm³/mol. The first kappa shape index (κ1) is 14.1. The number of amides is 1. The van der Waals surface area contributed by atoms with E-state index in [4.69, 9.17) is 10.00 Å². The number of nitriles is 1. The fourth-order valence-electron chi connectivity index (χ4n) is 2.01. The van der Waals surface area contributed by atoms with Gasteiger partial charge in [-0.1, -0.05) is 24.3 Å². The van der Waals surface area contributed by atoms with Gasteiger partial charge in [-0.05, 0) is 18.6 Å². The minimum absolute atomic E-state index is 0.227. The molecule has 1 N–H and O–H groups in total. The summed E-state index contributed by atoms with van der Waals surface area (Å²) in [6.45, 7) is 1.77. The molecule has 2 rings (SSSR count). The molecule has 0 bridgehead atoms. The summed E-state index contributed by atoms with van der Waals surface area (Å²) in [6.07, 6.45) is 0.452. The molecule has 0 saturated heterocycles. The molecule has 20 heavy (non-hydrogen) atoms. The fourth-order valence-corrected chi connectivity index (χ4v) is 2.01. The van der Waals surface area contributed by atoms with Crippen molar-refractivity contribution in [2.45, 2.75) is 25.5 Å². The van der Waals surface area contributed by atoms with E-state index in [1.807, 2.05) is 18.2 Å². The van der Waals surface area contributed by atoms with Crippen LogP contribution in [0.1, 0.15) is 30.6 Å². The number of fused-ring (bicyclic) bond motifs is 1. The van der Waals surface area contributed by atoms with Gasteiger partial charge in [-0.25, -0.2) is 4.79 Å². The number of carbonyl (C=O) groups is 1. The zero-order valence-electron chi connectivity index (χ0n) is 11.4. The molecule has 0 fully saturated rings. The lowest BCUT2D eigenvalue weighted by Crippen LogP contribution is -2.34. The third kappa shape index (κ3) is 2.65. The number of aliphatic hydroxyl groups excluding tert-OH is 1. The molecule has 2 unspecified atom stereocenters. The first-order valence-corrected chi connectivity index (χ1v) is 6.35. The lowest BCUT2D eigenvalue weighted by molar-refractivity contribution is 0.140. The first-order valence-electron chi connectivity index (χ1n) is 6.35. The number of nitrogens with zero attached hydrogens (tertiary/aromatic N) is 2. The molecule has 2 atom stereocenters. The lowest BCUT2D eigenvalue weighted by Gasteiger charge is -2.22. The highest BCUT2D eigenvalue weighted by atomic mass is 16.6. The van der Waals surface area contributed by atoms with E-state index in [0.717, 1.165) is 11.1 Å². The molecule has 1 aliphatic carbocycles. The Hall–Kier alpha value is -2.32. The number of carbonyl (C=O) groups excluding carboxylic acids is 1. The molecule has 1 aromatic rings. The summed E-state index contributed by atoms with van der Waals surface area (Å²) in [4.78, 5) is 13.4. The Bertz CT molecular complexity index is 589. The molecule has 0 saturated carbocycles. The van der Waals surface area contributed by atoms with Crippen LogP contribution in [0.2, 0.25) is 0 Å². The zero-order valence-corrected chi connectivity index (χ0v) is 11.4. The summed E-state index contributed by atoms with van der Waals surface area (Å²) in [5.74, 6) is 0.356. The van der Waals surface area contributed by atoms with Gasteiger partial charge < -0.3 is 14.7 Å². The van der Waals surface area contributed by atoms with Gasteiger partial charge in [-0.3, -0.25) is 0 Å². The molecule has 1 aliphatic rings. The molecule has 1 amide bonds. The largest absolute Gasteiger partial charge is 0.415 e. The average molecular weight is 272 g/mol. The highest BCUT2D eigenvalue weighted by molar-refractivity contribution is 5.80. The molecular weight excluding hydrogens is 256 g/mol. The van der Waals surface area contributed by atoms with Crippen LogP contribution >= 0.6 is 0 Å². The minimum Gasteiger partial charge on any atom is -0.410 e. The van der Waals surface area contributed by atoms with Crippen molar-refractivity contribution in [3.63, 3.8) is 0 Å². The molecule has 5 heteroatoms. The molecule has 0 radical (unpaired) electrons. The van der Waals surface area contributed by atoms with E-state index < -0.39 is 12.2 Å². The summed E-state index contributed by atoms with van der Waals surface area (Å²) in [5.41, 5.74) is 1.44. The van der Waals surface area contributed by atoms with Gasteiger partial charge >= 0.3 is 6.09 Å². The monoisotopic (exact) mass is 272 g/mol. The molecule has 0 spiro atoms. The maximum absolute atomic E-state index is 12.0. The summed E-state index contributed by atoms with van der Waals surface area (Å²) in [5, 5.41) is 18.5. The normalized spacial score (nSPS) is 17.7. The van der Waals surface area contributed by atoms with E-state index >= 15 is 0 Å². The Kier molecular flexibility index (Phi) is 4.06. The summed E-state index contributed by atoms with van der Waals surface area (Å²) >= 11 is 0. The van der Waals surface area contributed by atoms with Crippen LogP contribution < -0.4 is 0 Å². The quantitative estimate of drug-likeness (QED) is 0.917. The van der Waals surface area contributed by atoms with Crippen LogP contribution in [0.5, 0.6) is 0 Å². The second-order valence-electron chi connectivity index (χ2n) is 4.75. The number of ether oxygens (including phenoxy) is 1. The van der Waals surface area contributed by atoms with E-state index in [0.29, 0.717) is 5.76 Å². The van der Waals surface area contributed by atoms with E-state index in [1.165, 1.54) is 11.0 Å². The standard InChI is InChI=1S/C15H16N2O3/c1-10(7-8-16)17(2)15(19)20-14-9-13(18)11-5-3-4-6-12(11)14/h3-6,9-10,13,18H,7H2,1-2H3. The van der Waals surface area contributed by atoms with Crippen molar-refractivity contribution in [3.05, 3.63) is 41.5 Å². The third-order valence-electron chi connectivity index (χ3n) is 3.39. The van der Waals surface area contributed by atoms with Gasteiger partial charge in [0.2, 0.25) is 0 Å². The smallest absolute Gasteiger partial charge is 0.410 e. The average Bonchev–Trinajstić information content (AvgIpc) is 2.75. The SMILES string of the molecule is CC(CC#N)N(C)C(=O)OC1=CC(O)c2ccccc21. The van der Waals surface area contributed by atoms with Crippen molar-refractivity contribution in [1.29, 1.82) is 5.26 Å². The fraction of sp³-hybridized carbons (Fsp3) is 0.333. The molecule has 0 aliphatic heterocycles. The van der Waals surface area contributed by atoms with Crippen LogP contribution in [0.25, 0.3) is 5.76 Å². The Labute approximate surface area is 117 Å². The van der Waals surface area contributed by atoms with Crippen molar-refractivity contribution in [2.75, 3.05) is 7.05 Å². The highest BCUT2D eigenvalue weighted by Crippen LogP contribution is 2.34. The number of benzene rings is 1. The van der Waals surface area contributed by atoms with Crippen LogP contribution in [0.15, 0.2) is 30.3 Å². The van der Waals surface area contributed by atoms with Crippen LogP contribution in [-0.4, -0.2) is 29.2 Å². The van der Waals surface area contributed by atoms with Gasteiger partial charge in [-0.15, -0.1) is 0 Å². The van der Waals surface area contributed by atoms with Gasteiger partial charge in [0.05, 0.1) is 12.5 Å². The Morgan fingerprint density at radius 1 is 1.55 bits per heavy atom. The van der Waals surface area contributed by atoms with Gasteiger partial charge in [0.25, 0.3) is 0 Å². The maximum atomic E-state index is 12.0. The highest BCUT2D eigenvalue weighted by Gasteiger charge is 2.26. The van der Waals surface area contributed by atoms with Gasteiger partial charge in [-0.2, -0.15) is 5.26 Å². The van der Waals surface area contributed by atoms with Crippen LogP contribution in [-0.2, 0) is 4.74 Å². The molecule has 5 nitrogen and oxygen atoms in total. The van der Waals surface area contributed by atoms with Crippen molar-refractivity contribution in [3.8, 4) is 6.07 Å². The number of hydrogen-bond acceptors (Lipinski definition) is 4. The minimum atomic E-state index is -0.754. The Morgan fingerprint density at radius 3 is 2.95 bits per heavy atom. The Morgan fingerprint density at radius 2 is 2.25 bits per heavy atom. The number of hydrogen-bond donors (Lipinski definition) is 1. The summed E-state index contributed by atoms with van der Waals surface area (Å²) in [7, 11) is 1.59. The molecule has 0 aromatic heterocycles. The molecule has 0 heterocycles. The molecular formula is C15H16N2O3. The van der Waals surface area contributed by atoms with Crippen molar-refractivity contribution in [1.82, 2.24) is 4.90 Å². The predicted octanol–water partition coefficient (Wildman–Crippen LogP) is 2.45. The van der Waals surface area contributed by atoms with Crippen LogP contribution in [0.3, 0.4) is 0 Å². The van der Waals surface area contributed by atoms with Crippen LogP contribution in [0.4, 0.5) is 4.79 Å². The van der Waals surface area contributed by atoms with Gasteiger partial charge in [0.1, 0.15) is 11.9 Å². The zero-order chi connectivity index (χ0) is 14.7. The second-order valence-corrected chi connectivity index (χ2v) is 4.75. The Balaban J connectivity index is 2.10. The second kappa shape index (κ2) is 5.76. The van der Waals surface area contributed by atoms with E-state index in [9.17, 15) is 9.90 Å². The van der Waals surface area contributed by atoms with E-state index in [-0.39, 0.29) is 12.5 Å². The number of aliphatic hydroxyl groups is 1. The summed E-state index contributed by atoms with van der Waals surface area (Å²) in [6, 6.07) is 9.02. The van der Waals surface area contributed by atoms with Gasteiger partial charge in [0.15, 0.2) is 0 Å². The molecule has 1 aromatic carbocycles. The summed E-state index contributed by atoms with van der Waals surface area (Å²) < 4.78 is 5.32. The van der Waals surface area contributed by atoms with Crippen molar-refractivity contribution < 1.29 is 14.6 Å². The van der Waals surface area contributed by atoms with Crippen molar-refractivity contribution >= 4 is 11.9 Å². The van der Waals surface area contributed by atoms with Crippen molar-refractivity contribution in [2.24, 2.45) is 0 Å². The maximum Gasteiger partial charge on any atom is 0.415 e. The third-order valence-corrected chi connectivity index (χ3v) is 3.39. The number of rotatable bonds is 3. The van der Waals surface area contributed by atoms with E-state index in [1.54, 1.807) is 26.1 Å². The van der Waals surface area contributed by atoms with Gasteiger partial charge in [0, 0.05) is 18.7 Å². The topological polar surface area (TPSA) is 73.6 Å². The molecule has 104 valence electrons. The first-order chi connectivity index (χ1) is 9.54.